The normalized spacial score (nSPS) is 10.6. The van der Waals surface area contributed by atoms with E-state index in [4.69, 9.17) is 14.2 Å². The fraction of sp³-hybridized carbons (Fsp3) is 0.273. The van der Waals surface area contributed by atoms with Crippen molar-refractivity contribution < 1.29 is 19.0 Å². The number of hydrogen-bond donors (Lipinski definition) is 1. The van der Waals surface area contributed by atoms with E-state index >= 15 is 0 Å². The molecule has 0 heterocycles. The number of halogens is 1. The Kier molecular flexibility index (Phi) is 9.24. The average Bonchev–Trinajstić information content (AvgIpc) is 2.72. The molecule has 29 heavy (non-hydrogen) atoms. The number of nitrogens with one attached hydrogen (secondary N) is 1. The molecule has 0 aliphatic rings. The molecule has 0 unspecified atom stereocenters. The minimum Gasteiger partial charge on any atom is -0.493 e. The molecule has 0 atom stereocenters. The van der Waals surface area contributed by atoms with Gasteiger partial charge in [-0.2, -0.15) is 5.10 Å². The molecule has 6 nitrogen and oxygen atoms in total. The summed E-state index contributed by atoms with van der Waals surface area (Å²) >= 11 is 3.42. The number of carbonyl (C=O) groups is 1. The summed E-state index contributed by atoms with van der Waals surface area (Å²) in [5.41, 5.74) is 4.26. The first-order chi connectivity index (χ1) is 14.1. The summed E-state index contributed by atoms with van der Waals surface area (Å²) in [5.74, 6) is 1.37. The summed E-state index contributed by atoms with van der Waals surface area (Å²) < 4.78 is 17.5. The second-order valence-electron chi connectivity index (χ2n) is 6.09. The largest absolute Gasteiger partial charge is 0.493 e. The molecule has 2 aromatic rings. The highest BCUT2D eigenvalue weighted by atomic mass is 79.9. The summed E-state index contributed by atoms with van der Waals surface area (Å²) in [6.45, 7) is 6.18. The van der Waals surface area contributed by atoms with Crippen LogP contribution < -0.4 is 19.6 Å². The number of methoxy groups -OCH3 is 1. The molecule has 0 radical (unpaired) electrons. The number of ether oxygens (including phenoxy) is 3. The van der Waals surface area contributed by atoms with Crippen molar-refractivity contribution in [1.29, 1.82) is 0 Å². The second-order valence-corrected chi connectivity index (χ2v) is 7.01. The van der Waals surface area contributed by atoms with Crippen LogP contribution in [0.3, 0.4) is 0 Å². The van der Waals surface area contributed by atoms with Gasteiger partial charge in [0.15, 0.2) is 18.1 Å². The fourth-order valence-electron chi connectivity index (χ4n) is 2.44. The van der Waals surface area contributed by atoms with Gasteiger partial charge in [0.25, 0.3) is 5.91 Å². The van der Waals surface area contributed by atoms with E-state index in [1.165, 1.54) is 6.21 Å². The van der Waals surface area contributed by atoms with E-state index < -0.39 is 0 Å². The molecular formula is C22H25BrN2O4. The van der Waals surface area contributed by atoms with Crippen molar-refractivity contribution in [2.45, 2.75) is 19.8 Å². The number of amides is 1. The quantitative estimate of drug-likeness (QED) is 0.304. The van der Waals surface area contributed by atoms with Gasteiger partial charge in [-0.05, 0) is 48.7 Å². The summed E-state index contributed by atoms with van der Waals surface area (Å²) in [6, 6.07) is 11.1. The van der Waals surface area contributed by atoms with Crippen molar-refractivity contribution in [1.82, 2.24) is 5.43 Å². The number of rotatable bonds is 11. The maximum Gasteiger partial charge on any atom is 0.277 e. The molecule has 0 aromatic heterocycles. The molecule has 0 fully saturated rings. The Bertz CT molecular complexity index is 868. The lowest BCUT2D eigenvalue weighted by Crippen LogP contribution is -2.24. The minimum atomic E-state index is -0.385. The molecule has 154 valence electrons. The summed E-state index contributed by atoms with van der Waals surface area (Å²) in [4.78, 5) is 12.1. The van der Waals surface area contributed by atoms with Crippen LogP contribution >= 0.6 is 15.9 Å². The zero-order valence-corrected chi connectivity index (χ0v) is 18.2. The zero-order valence-electron chi connectivity index (χ0n) is 16.6. The average molecular weight is 461 g/mol. The molecule has 1 N–H and O–H groups in total. The molecule has 7 heteroatoms. The van der Waals surface area contributed by atoms with Gasteiger partial charge in [0.05, 0.1) is 19.9 Å². The zero-order chi connectivity index (χ0) is 21.1. The first-order valence-electron chi connectivity index (χ1n) is 9.22. The molecule has 0 aliphatic heterocycles. The maximum absolute atomic E-state index is 12.1. The molecule has 0 saturated carbocycles. The predicted molar refractivity (Wildman–Crippen MR) is 118 cm³/mol. The number of allylic oxidation sites excluding steroid dienone is 1. The third kappa shape index (κ3) is 7.27. The molecular weight excluding hydrogens is 436 g/mol. The van der Waals surface area contributed by atoms with Crippen molar-refractivity contribution >= 4 is 28.1 Å². The van der Waals surface area contributed by atoms with Gasteiger partial charge in [0.1, 0.15) is 5.75 Å². The Morgan fingerprint density at radius 2 is 1.97 bits per heavy atom. The van der Waals surface area contributed by atoms with Crippen LogP contribution in [0.25, 0.3) is 0 Å². The number of carbonyl (C=O) groups excluding carboxylic acids is 1. The van der Waals surface area contributed by atoms with Gasteiger partial charge >= 0.3 is 0 Å². The molecule has 1 amide bonds. The van der Waals surface area contributed by atoms with E-state index in [0.29, 0.717) is 23.9 Å². The van der Waals surface area contributed by atoms with Gasteiger partial charge in [-0.25, -0.2) is 5.43 Å². The van der Waals surface area contributed by atoms with Crippen LogP contribution in [0.4, 0.5) is 0 Å². The van der Waals surface area contributed by atoms with Crippen LogP contribution in [-0.4, -0.2) is 32.4 Å². The standard InChI is InChI=1S/C22H25BrN2O4/c1-4-6-16-7-9-20(21(12-16)27-3)29-15-22(26)25-24-14-17-13-18(23)8-10-19(17)28-11-5-2/h4,7-10,12-14H,1,5-6,11,15H2,2-3H3,(H,25,26). The molecule has 0 spiro atoms. The lowest BCUT2D eigenvalue weighted by molar-refractivity contribution is -0.123. The Labute approximate surface area is 179 Å². The van der Waals surface area contributed by atoms with Crippen molar-refractivity contribution in [3.05, 3.63) is 64.7 Å². The first kappa shape index (κ1) is 22.5. The third-order valence-electron chi connectivity index (χ3n) is 3.79. The molecule has 2 rings (SSSR count). The van der Waals surface area contributed by atoms with Gasteiger partial charge in [0.2, 0.25) is 0 Å². The van der Waals surface area contributed by atoms with Gasteiger partial charge in [0, 0.05) is 10.0 Å². The number of hydrogen-bond acceptors (Lipinski definition) is 5. The Morgan fingerprint density at radius 1 is 1.17 bits per heavy atom. The van der Waals surface area contributed by atoms with Gasteiger partial charge in [-0.15, -0.1) is 6.58 Å². The van der Waals surface area contributed by atoms with Crippen molar-refractivity contribution in [2.24, 2.45) is 5.10 Å². The molecule has 0 aliphatic carbocycles. The van der Waals surface area contributed by atoms with Crippen LogP contribution in [-0.2, 0) is 11.2 Å². The Balaban J connectivity index is 1.93. The summed E-state index contributed by atoms with van der Waals surface area (Å²) in [5, 5.41) is 4.00. The maximum atomic E-state index is 12.1. The van der Waals surface area contributed by atoms with Gasteiger partial charge in [-0.3, -0.25) is 4.79 Å². The van der Waals surface area contributed by atoms with E-state index in [2.05, 4.69) is 33.0 Å². The fourth-order valence-corrected chi connectivity index (χ4v) is 2.82. The minimum absolute atomic E-state index is 0.188. The monoisotopic (exact) mass is 460 g/mol. The molecule has 0 saturated heterocycles. The van der Waals surface area contributed by atoms with E-state index in [1.54, 1.807) is 13.2 Å². The predicted octanol–water partition coefficient (Wildman–Crippen LogP) is 4.50. The van der Waals surface area contributed by atoms with Crippen molar-refractivity contribution in [3.63, 3.8) is 0 Å². The van der Waals surface area contributed by atoms with Crippen LogP contribution in [0.15, 0.2) is 58.6 Å². The lowest BCUT2D eigenvalue weighted by atomic mass is 10.1. The first-order valence-corrected chi connectivity index (χ1v) is 10.0. The van der Waals surface area contributed by atoms with Crippen molar-refractivity contribution in [3.8, 4) is 17.2 Å². The van der Waals surface area contributed by atoms with E-state index in [9.17, 15) is 4.79 Å². The Hall–Kier alpha value is -2.80. The molecule has 0 bridgehead atoms. The molecule has 2 aromatic carbocycles. The summed E-state index contributed by atoms with van der Waals surface area (Å²) in [6.07, 6.45) is 4.98. The van der Waals surface area contributed by atoms with Crippen LogP contribution in [0.2, 0.25) is 0 Å². The second kappa shape index (κ2) is 11.9. The van der Waals surface area contributed by atoms with Gasteiger partial charge < -0.3 is 14.2 Å². The summed E-state index contributed by atoms with van der Waals surface area (Å²) in [7, 11) is 1.56. The number of benzene rings is 2. The number of nitrogens with zero attached hydrogens (tertiary/aromatic N) is 1. The van der Waals surface area contributed by atoms with E-state index in [1.807, 2.05) is 43.3 Å². The lowest BCUT2D eigenvalue weighted by Gasteiger charge is -2.11. The smallest absolute Gasteiger partial charge is 0.277 e. The third-order valence-corrected chi connectivity index (χ3v) is 4.29. The highest BCUT2D eigenvalue weighted by molar-refractivity contribution is 9.10. The SMILES string of the molecule is C=CCc1ccc(OCC(=O)NN=Cc2cc(Br)ccc2OCCC)c(OC)c1. The van der Waals surface area contributed by atoms with Crippen LogP contribution in [0.5, 0.6) is 17.2 Å². The van der Waals surface area contributed by atoms with E-state index in [-0.39, 0.29) is 12.5 Å². The highest BCUT2D eigenvalue weighted by Gasteiger charge is 2.08. The number of hydrazone groups is 1. The van der Waals surface area contributed by atoms with Crippen molar-refractivity contribution in [2.75, 3.05) is 20.3 Å². The topological polar surface area (TPSA) is 69.2 Å². The van der Waals surface area contributed by atoms with Crippen LogP contribution in [0, 0.1) is 0 Å². The highest BCUT2D eigenvalue weighted by Crippen LogP contribution is 2.28. The Morgan fingerprint density at radius 3 is 2.69 bits per heavy atom. The van der Waals surface area contributed by atoms with Crippen LogP contribution in [0.1, 0.15) is 24.5 Å². The van der Waals surface area contributed by atoms with E-state index in [0.717, 1.165) is 28.4 Å². The van der Waals surface area contributed by atoms with Gasteiger partial charge in [-0.1, -0.05) is 35.0 Å².